The fourth-order valence-electron chi connectivity index (χ4n) is 3.48. The second-order valence-electron chi connectivity index (χ2n) is 7.53. The number of carbonyl (C=O) groups excluding carboxylic acids is 2. The van der Waals surface area contributed by atoms with Gasteiger partial charge in [0, 0.05) is 36.6 Å². The van der Waals surface area contributed by atoms with Crippen molar-refractivity contribution in [1.29, 1.82) is 0 Å². The minimum absolute atomic E-state index is 0.221. The highest BCUT2D eigenvalue weighted by atomic mass is 16.5. The molecular weight excluding hydrogens is 366 g/mol. The molecule has 0 aromatic heterocycles. The summed E-state index contributed by atoms with van der Waals surface area (Å²) in [5, 5.41) is 5.55. The molecule has 0 atom stereocenters. The van der Waals surface area contributed by atoms with E-state index in [9.17, 15) is 9.59 Å². The molecule has 6 nitrogen and oxygen atoms in total. The number of nitrogens with one attached hydrogen (secondary N) is 2. The Morgan fingerprint density at radius 2 is 1.72 bits per heavy atom. The van der Waals surface area contributed by atoms with Gasteiger partial charge in [0.1, 0.15) is 12.2 Å². The summed E-state index contributed by atoms with van der Waals surface area (Å²) >= 11 is 0. The molecule has 154 valence electrons. The molecule has 1 aliphatic heterocycles. The van der Waals surface area contributed by atoms with Crippen LogP contribution in [0.3, 0.4) is 0 Å². The number of hydrogen-bond acceptors (Lipinski definition) is 4. The Balaban J connectivity index is 1.45. The normalized spacial score (nSPS) is 14.3. The highest BCUT2D eigenvalue weighted by Gasteiger charge is 2.16. The minimum Gasteiger partial charge on any atom is -0.496 e. The van der Waals surface area contributed by atoms with Crippen LogP contribution in [-0.4, -0.2) is 32.0 Å². The van der Waals surface area contributed by atoms with Crippen LogP contribution in [-0.2, 0) is 16.1 Å². The van der Waals surface area contributed by atoms with Crippen LogP contribution >= 0.6 is 0 Å². The Kier molecular flexibility index (Phi) is 7.11. The number of rotatable bonds is 7. The maximum Gasteiger partial charge on any atom is 0.233 e. The second-order valence-corrected chi connectivity index (χ2v) is 7.53. The van der Waals surface area contributed by atoms with Crippen molar-refractivity contribution in [2.75, 3.05) is 30.4 Å². The molecule has 0 radical (unpaired) electrons. The number of anilines is 2. The van der Waals surface area contributed by atoms with Gasteiger partial charge in [-0.05, 0) is 49.1 Å². The zero-order chi connectivity index (χ0) is 20.6. The number of hydrogen-bond donors (Lipinski definition) is 2. The van der Waals surface area contributed by atoms with Gasteiger partial charge in [0.25, 0.3) is 0 Å². The summed E-state index contributed by atoms with van der Waals surface area (Å²) in [6.45, 7) is 4.75. The van der Waals surface area contributed by atoms with Crippen LogP contribution in [0.15, 0.2) is 48.5 Å². The quantitative estimate of drug-likeness (QED) is 0.703. The summed E-state index contributed by atoms with van der Waals surface area (Å²) in [6, 6.07) is 15.3. The van der Waals surface area contributed by atoms with E-state index in [1.54, 1.807) is 7.11 Å². The fourth-order valence-corrected chi connectivity index (χ4v) is 3.48. The predicted octanol–water partition coefficient (Wildman–Crippen LogP) is 3.58. The van der Waals surface area contributed by atoms with Gasteiger partial charge in [-0.25, -0.2) is 0 Å². The van der Waals surface area contributed by atoms with E-state index < -0.39 is 0 Å². The number of amides is 2. The molecule has 2 amide bonds. The third-order valence-electron chi connectivity index (χ3n) is 5.29. The van der Waals surface area contributed by atoms with Gasteiger partial charge < -0.3 is 20.3 Å². The number of ether oxygens (including phenoxy) is 1. The standard InChI is InChI=1S/C23H29N3O3/c1-17-11-13-26(14-12-17)20-9-7-19(8-10-20)25-23(28)15-22(27)24-16-18-5-3-4-6-21(18)29-2/h3-10,17H,11-16H2,1-2H3,(H,24,27)(H,25,28). The van der Waals surface area contributed by atoms with Crippen molar-refractivity contribution in [1.82, 2.24) is 5.32 Å². The number of methoxy groups -OCH3 is 1. The van der Waals surface area contributed by atoms with E-state index in [1.807, 2.05) is 48.5 Å². The molecule has 1 heterocycles. The zero-order valence-corrected chi connectivity index (χ0v) is 17.1. The summed E-state index contributed by atoms with van der Waals surface area (Å²) < 4.78 is 5.26. The molecule has 6 heteroatoms. The molecule has 2 N–H and O–H groups in total. The second kappa shape index (κ2) is 9.96. The molecule has 0 saturated carbocycles. The fraction of sp³-hybridized carbons (Fsp3) is 0.391. The molecule has 0 bridgehead atoms. The summed E-state index contributed by atoms with van der Waals surface area (Å²) in [7, 11) is 1.59. The lowest BCUT2D eigenvalue weighted by Crippen LogP contribution is -2.32. The van der Waals surface area contributed by atoms with Crippen molar-refractivity contribution in [2.24, 2.45) is 5.92 Å². The number of piperidine rings is 1. The van der Waals surface area contributed by atoms with E-state index in [0.717, 1.165) is 24.6 Å². The highest BCUT2D eigenvalue weighted by Crippen LogP contribution is 2.24. The molecule has 1 fully saturated rings. The van der Waals surface area contributed by atoms with Crippen LogP contribution in [0, 0.1) is 5.92 Å². The lowest BCUT2D eigenvalue weighted by atomic mass is 9.99. The van der Waals surface area contributed by atoms with Gasteiger partial charge >= 0.3 is 0 Å². The Bertz CT molecular complexity index is 828. The van der Waals surface area contributed by atoms with E-state index in [1.165, 1.54) is 18.5 Å². The molecule has 1 saturated heterocycles. The van der Waals surface area contributed by atoms with Gasteiger partial charge in [0.05, 0.1) is 7.11 Å². The molecule has 29 heavy (non-hydrogen) atoms. The minimum atomic E-state index is -0.331. The average Bonchev–Trinajstić information content (AvgIpc) is 2.73. The lowest BCUT2D eigenvalue weighted by molar-refractivity contribution is -0.126. The largest absolute Gasteiger partial charge is 0.496 e. The summed E-state index contributed by atoms with van der Waals surface area (Å²) in [5.41, 5.74) is 2.73. The van der Waals surface area contributed by atoms with Crippen LogP contribution in [0.5, 0.6) is 5.75 Å². The van der Waals surface area contributed by atoms with E-state index >= 15 is 0 Å². The number of nitrogens with zero attached hydrogens (tertiary/aromatic N) is 1. The van der Waals surface area contributed by atoms with Gasteiger partial charge in [-0.2, -0.15) is 0 Å². The first-order valence-corrected chi connectivity index (χ1v) is 10.1. The maximum absolute atomic E-state index is 12.2. The van der Waals surface area contributed by atoms with Crippen LogP contribution in [0.4, 0.5) is 11.4 Å². The Morgan fingerprint density at radius 1 is 1.03 bits per heavy atom. The van der Waals surface area contributed by atoms with Crippen LogP contribution < -0.4 is 20.3 Å². The van der Waals surface area contributed by atoms with Crippen molar-refractivity contribution in [2.45, 2.75) is 32.7 Å². The topological polar surface area (TPSA) is 70.7 Å². The van der Waals surface area contributed by atoms with Crippen molar-refractivity contribution in [3.8, 4) is 5.75 Å². The summed E-state index contributed by atoms with van der Waals surface area (Å²) in [6.07, 6.45) is 2.20. The summed E-state index contributed by atoms with van der Waals surface area (Å²) in [5.74, 6) is 0.842. The maximum atomic E-state index is 12.2. The van der Waals surface area contributed by atoms with E-state index in [4.69, 9.17) is 4.74 Å². The van der Waals surface area contributed by atoms with Crippen LogP contribution in [0.2, 0.25) is 0 Å². The first kappa shape index (κ1) is 20.7. The Hall–Kier alpha value is -3.02. The molecule has 0 unspecified atom stereocenters. The van der Waals surface area contributed by atoms with Gasteiger partial charge in [-0.1, -0.05) is 25.1 Å². The van der Waals surface area contributed by atoms with E-state index in [2.05, 4.69) is 22.5 Å². The lowest BCUT2D eigenvalue weighted by Gasteiger charge is -2.32. The van der Waals surface area contributed by atoms with Crippen molar-refractivity contribution in [3.05, 3.63) is 54.1 Å². The zero-order valence-electron chi connectivity index (χ0n) is 17.1. The van der Waals surface area contributed by atoms with Gasteiger partial charge in [-0.15, -0.1) is 0 Å². The van der Waals surface area contributed by atoms with Gasteiger partial charge in [0.2, 0.25) is 11.8 Å². The van der Waals surface area contributed by atoms with Crippen molar-refractivity contribution < 1.29 is 14.3 Å². The average molecular weight is 396 g/mol. The van der Waals surface area contributed by atoms with Crippen molar-refractivity contribution in [3.63, 3.8) is 0 Å². The monoisotopic (exact) mass is 395 g/mol. The molecule has 0 spiro atoms. The molecule has 2 aromatic rings. The van der Waals surface area contributed by atoms with Crippen molar-refractivity contribution >= 4 is 23.2 Å². The SMILES string of the molecule is COc1ccccc1CNC(=O)CC(=O)Nc1ccc(N2CCC(C)CC2)cc1. The third-order valence-corrected chi connectivity index (χ3v) is 5.29. The first-order chi connectivity index (χ1) is 14.0. The van der Waals surface area contributed by atoms with Crippen LogP contribution in [0.25, 0.3) is 0 Å². The molecular formula is C23H29N3O3. The smallest absolute Gasteiger partial charge is 0.233 e. The number of benzene rings is 2. The molecule has 3 rings (SSSR count). The van der Waals surface area contributed by atoms with Crippen LogP contribution in [0.1, 0.15) is 31.7 Å². The van der Waals surface area contributed by atoms with Gasteiger partial charge in [-0.3, -0.25) is 9.59 Å². The van der Waals surface area contributed by atoms with E-state index in [-0.39, 0.29) is 18.2 Å². The Morgan fingerprint density at radius 3 is 2.41 bits per heavy atom. The third kappa shape index (κ3) is 5.98. The first-order valence-electron chi connectivity index (χ1n) is 10.1. The molecule has 0 aliphatic carbocycles. The highest BCUT2D eigenvalue weighted by molar-refractivity contribution is 6.03. The number of carbonyl (C=O) groups is 2. The Labute approximate surface area is 172 Å². The van der Waals surface area contributed by atoms with E-state index in [0.29, 0.717) is 18.0 Å². The molecule has 2 aromatic carbocycles. The van der Waals surface area contributed by atoms with Gasteiger partial charge in [0.15, 0.2) is 0 Å². The molecule has 1 aliphatic rings. The predicted molar refractivity (Wildman–Crippen MR) is 115 cm³/mol. The number of para-hydroxylation sites is 1. The summed E-state index contributed by atoms with van der Waals surface area (Å²) in [4.78, 5) is 26.6.